The van der Waals surface area contributed by atoms with Crippen molar-refractivity contribution in [2.45, 2.75) is 0 Å². The van der Waals surface area contributed by atoms with E-state index in [2.05, 4.69) is 522 Å². The largest absolute Gasteiger partial charge is 0.0622 e. The summed E-state index contributed by atoms with van der Waals surface area (Å²) >= 11 is 0. The molecule has 0 aliphatic heterocycles. The van der Waals surface area contributed by atoms with E-state index >= 15 is 0 Å². The first-order chi connectivity index (χ1) is 66.5. The van der Waals surface area contributed by atoms with Gasteiger partial charge in [-0.15, -0.1) is 0 Å². The van der Waals surface area contributed by atoms with Crippen molar-refractivity contribution in [1.29, 1.82) is 0 Å². The van der Waals surface area contributed by atoms with Gasteiger partial charge < -0.3 is 0 Å². The third-order valence-electron chi connectivity index (χ3n) is 27.9. The molecule has 0 radical (unpaired) electrons. The zero-order valence-electron chi connectivity index (χ0n) is 73.7. The molecule has 0 aromatic heterocycles. The molecule has 0 bridgehead atoms. The fourth-order valence-electron chi connectivity index (χ4n) is 21.5. The molecule has 27 aromatic carbocycles. The second-order valence-electron chi connectivity index (χ2n) is 35.5. The van der Waals surface area contributed by atoms with Gasteiger partial charge in [0.25, 0.3) is 0 Å². The van der Waals surface area contributed by atoms with E-state index in [4.69, 9.17) is 0 Å². The van der Waals surface area contributed by atoms with E-state index in [-0.39, 0.29) is 0 Å². The highest BCUT2D eigenvalue weighted by Crippen LogP contribution is 2.50. The molecule has 0 amide bonds. The summed E-state index contributed by atoms with van der Waals surface area (Å²) in [5, 5.41) is 35.8. The molecule has 0 heterocycles. The van der Waals surface area contributed by atoms with Crippen molar-refractivity contribution in [1.82, 2.24) is 0 Å². The summed E-state index contributed by atoms with van der Waals surface area (Å²) in [5.74, 6) is 0. The van der Waals surface area contributed by atoms with E-state index in [1.165, 1.54) is 262 Å². The van der Waals surface area contributed by atoms with Crippen molar-refractivity contribution >= 4 is 151 Å². The van der Waals surface area contributed by atoms with Gasteiger partial charge in [-0.3, -0.25) is 0 Å². The van der Waals surface area contributed by atoms with E-state index in [0.29, 0.717) is 0 Å². The first-order valence-electron chi connectivity index (χ1n) is 46.5. The zero-order chi connectivity index (χ0) is 88.5. The lowest BCUT2D eigenvalue weighted by atomic mass is 9.84. The van der Waals surface area contributed by atoms with Crippen LogP contribution in [0.15, 0.2) is 522 Å². The minimum atomic E-state index is 1.21. The molecule has 0 atom stereocenters. The van der Waals surface area contributed by atoms with Crippen molar-refractivity contribution in [2.24, 2.45) is 0 Å². The Kier molecular flexibility index (Phi) is 19.7. The van der Waals surface area contributed by atoms with Crippen LogP contribution in [-0.2, 0) is 0 Å². The first kappa shape index (κ1) is 78.8. The highest BCUT2D eigenvalue weighted by molar-refractivity contribution is 6.29. The van der Waals surface area contributed by atoms with E-state index in [1.54, 1.807) is 0 Å². The summed E-state index contributed by atoms with van der Waals surface area (Å²) in [5.41, 5.74) is 24.9. The number of fused-ring (bicyclic) bond motifs is 21. The molecule has 0 fully saturated rings. The molecule has 0 spiro atoms. The second-order valence-corrected chi connectivity index (χ2v) is 35.5. The summed E-state index contributed by atoms with van der Waals surface area (Å²) in [7, 11) is 0. The molecule has 0 N–H and O–H groups in total. The number of benzene rings is 27. The van der Waals surface area contributed by atoms with Gasteiger partial charge in [0.2, 0.25) is 0 Å². The van der Waals surface area contributed by atoms with Gasteiger partial charge in [-0.05, 0) is 323 Å². The van der Waals surface area contributed by atoms with Crippen molar-refractivity contribution in [3.05, 3.63) is 522 Å². The van der Waals surface area contributed by atoms with Crippen LogP contribution in [0.3, 0.4) is 0 Å². The maximum atomic E-state index is 2.45. The summed E-state index contributed by atoms with van der Waals surface area (Å²) in [6.07, 6.45) is 0. The number of hydrogen-bond donors (Lipinski definition) is 0. The number of rotatable bonds is 10. The van der Waals surface area contributed by atoms with Gasteiger partial charge >= 0.3 is 0 Å². The average Bonchev–Trinajstić information content (AvgIpc) is 0.731. The molecule has 0 aliphatic rings. The van der Waals surface area contributed by atoms with Crippen LogP contribution in [0.2, 0.25) is 0 Å². The standard InChI is InChI=1S/C54H36.C42H26.C38H24/c1-3-15-37(16-4-1)39-27-31-41(32-28-39)43-19-7-9-21-45(43)51-35-53-50-26-14-12-24-48(50)52(36-54(53)49-25-13-11-23-47(49)51)46-22-10-8-20-44(46)42-33-29-40(30-34-42)38-17-5-2-6-18-38;1-2-12-28-23-30(22-21-27(28)11-1)38-25-40-36-19-9-10-20-37(36)41(26-42(40)35-18-8-6-16-33(35)38)39-24-29-13-3-4-14-31(29)32-15-5-7-17-34(32)39;1-3-11-27-21-29(19-17-25(27)9-1)35-23-37-34-16-8-6-14-32(34)36(24-38(37)33-15-7-5-13-31(33)35)30-20-18-26-10-2-4-12-28(26)22-30/h1-36H;1-26H;1-24H. The highest BCUT2D eigenvalue weighted by atomic mass is 14.3. The van der Waals surface area contributed by atoms with Crippen molar-refractivity contribution in [3.63, 3.8) is 0 Å². The molecule has 27 aromatic rings. The molecule has 134 heavy (non-hydrogen) atoms. The van der Waals surface area contributed by atoms with Crippen molar-refractivity contribution < 1.29 is 0 Å². The molecular weight excluding hydrogens is 1610 g/mol. The molecule has 0 unspecified atom stereocenters. The van der Waals surface area contributed by atoms with Crippen molar-refractivity contribution in [3.8, 4) is 111 Å². The Morgan fingerprint density at radius 3 is 0.560 bits per heavy atom. The minimum absolute atomic E-state index is 1.21. The predicted molar refractivity (Wildman–Crippen MR) is 579 cm³/mol. The van der Waals surface area contributed by atoms with E-state index in [0.717, 1.165) is 0 Å². The SMILES string of the molecule is c1ccc(-c2ccc(-c3ccccc3-c3cc4c5ccccc5c(-c5ccccc5-c5ccc(-c6ccccc6)cc5)cc4c4ccccc34)cc2)cc1.c1ccc2cc(-c3cc4c5ccccc5c(-c5cc6ccccc6c6ccccc56)cc4c4ccccc34)ccc2c1.c1ccc2cc(-c3cc4c5ccccc5c(-c5ccc6ccccc6c5)cc4c4ccccc34)ccc2c1. The van der Waals surface area contributed by atoms with Gasteiger partial charge in [0.1, 0.15) is 0 Å². The molecule has 0 saturated carbocycles. The van der Waals surface area contributed by atoms with E-state index in [1.807, 2.05) is 0 Å². The van der Waals surface area contributed by atoms with Crippen molar-refractivity contribution in [2.75, 3.05) is 0 Å². The molecule has 0 heteroatoms. The lowest BCUT2D eigenvalue weighted by Crippen LogP contribution is -1.92. The minimum Gasteiger partial charge on any atom is -0.0622 e. The molecule has 0 aliphatic carbocycles. The third-order valence-corrected chi connectivity index (χ3v) is 27.9. The number of hydrogen-bond acceptors (Lipinski definition) is 0. The smallest absolute Gasteiger partial charge is 0.00923 e. The Morgan fingerprint density at radius 1 is 0.0672 bits per heavy atom. The Labute approximate surface area is 778 Å². The summed E-state index contributed by atoms with van der Waals surface area (Å²) in [6, 6.07) is 191. The zero-order valence-corrected chi connectivity index (χ0v) is 73.7. The molecule has 0 nitrogen and oxygen atoms in total. The third kappa shape index (κ3) is 14.0. The fraction of sp³-hybridized carbons (Fsp3) is 0. The maximum Gasteiger partial charge on any atom is -0.00923 e. The summed E-state index contributed by atoms with van der Waals surface area (Å²) in [4.78, 5) is 0. The fourth-order valence-corrected chi connectivity index (χ4v) is 21.5. The topological polar surface area (TPSA) is 0 Å². The normalized spacial score (nSPS) is 11.6. The summed E-state index contributed by atoms with van der Waals surface area (Å²) < 4.78 is 0. The molecule has 27 rings (SSSR count). The predicted octanol–water partition coefficient (Wildman–Crippen LogP) is 37.9. The quantitative estimate of drug-likeness (QED) is 0.120. The lowest BCUT2D eigenvalue weighted by molar-refractivity contribution is 1.58. The van der Waals surface area contributed by atoms with E-state index < -0.39 is 0 Å². The van der Waals surface area contributed by atoms with Gasteiger partial charge in [-0.2, -0.15) is 0 Å². The van der Waals surface area contributed by atoms with Gasteiger partial charge in [-0.1, -0.05) is 461 Å². The Balaban J connectivity index is 0.000000109. The van der Waals surface area contributed by atoms with E-state index in [9.17, 15) is 0 Å². The first-order valence-corrected chi connectivity index (χ1v) is 46.5. The summed E-state index contributed by atoms with van der Waals surface area (Å²) in [6.45, 7) is 0. The van der Waals surface area contributed by atoms with Crippen LogP contribution < -0.4 is 0 Å². The van der Waals surface area contributed by atoms with Crippen LogP contribution in [0.4, 0.5) is 0 Å². The molecule has 622 valence electrons. The van der Waals surface area contributed by atoms with Gasteiger partial charge in [0, 0.05) is 0 Å². The maximum absolute atomic E-state index is 2.45. The van der Waals surface area contributed by atoms with Crippen LogP contribution in [0.1, 0.15) is 0 Å². The van der Waals surface area contributed by atoms with Crippen LogP contribution >= 0.6 is 0 Å². The Hall–Kier alpha value is -17.4. The second kappa shape index (κ2) is 33.6. The van der Waals surface area contributed by atoms with Crippen LogP contribution in [0.25, 0.3) is 262 Å². The Morgan fingerprint density at radius 2 is 0.254 bits per heavy atom. The van der Waals surface area contributed by atoms with Crippen LogP contribution in [0, 0.1) is 0 Å². The van der Waals surface area contributed by atoms with Gasteiger partial charge in [-0.25, -0.2) is 0 Å². The van der Waals surface area contributed by atoms with Gasteiger partial charge in [0.05, 0.1) is 0 Å². The average molecular weight is 1700 g/mol. The van der Waals surface area contributed by atoms with Crippen LogP contribution in [-0.4, -0.2) is 0 Å². The lowest BCUT2D eigenvalue weighted by Gasteiger charge is -2.19. The highest BCUT2D eigenvalue weighted by Gasteiger charge is 2.23. The molecular formula is C134H86. The van der Waals surface area contributed by atoms with Crippen LogP contribution in [0.5, 0.6) is 0 Å². The Bertz CT molecular complexity index is 8980. The van der Waals surface area contributed by atoms with Gasteiger partial charge in [0.15, 0.2) is 0 Å². The monoisotopic (exact) mass is 1690 g/mol. The molecule has 0 saturated heterocycles.